The third-order valence-electron chi connectivity index (χ3n) is 5.56. The summed E-state index contributed by atoms with van der Waals surface area (Å²) in [6.45, 7) is 0.866. The number of amides is 2. The quantitative estimate of drug-likeness (QED) is 0.550. The zero-order valence-electron chi connectivity index (χ0n) is 16.2. The van der Waals surface area contributed by atoms with Gasteiger partial charge in [0.05, 0.1) is 16.6 Å². The molecule has 0 bridgehead atoms. The van der Waals surface area contributed by atoms with Gasteiger partial charge in [-0.2, -0.15) is 0 Å². The average molecular weight is 385 g/mol. The number of para-hydroxylation sites is 1. The molecule has 0 fully saturated rings. The number of aromatic amines is 1. The van der Waals surface area contributed by atoms with Gasteiger partial charge >= 0.3 is 0 Å². The minimum atomic E-state index is -0.345. The monoisotopic (exact) mass is 385 g/mol. The molecule has 0 atom stereocenters. The van der Waals surface area contributed by atoms with Crippen LogP contribution in [0.4, 0.5) is 0 Å². The van der Waals surface area contributed by atoms with Crippen LogP contribution in [0.5, 0.6) is 0 Å². The highest BCUT2D eigenvalue weighted by molar-refractivity contribution is 6.33. The summed E-state index contributed by atoms with van der Waals surface area (Å²) in [5.74, 6) is -0.687. The summed E-state index contributed by atoms with van der Waals surface area (Å²) in [6.07, 6.45) is 0. The Balaban J connectivity index is 1.97. The first-order valence-electron chi connectivity index (χ1n) is 9.49. The molecule has 1 aliphatic heterocycles. The summed E-state index contributed by atoms with van der Waals surface area (Å²) in [5.41, 5.74) is 1.56. The van der Waals surface area contributed by atoms with Crippen molar-refractivity contribution in [2.75, 3.05) is 27.2 Å². The van der Waals surface area contributed by atoms with E-state index in [-0.39, 0.29) is 17.2 Å². The lowest BCUT2D eigenvalue weighted by molar-refractivity contribution is 0.0646. The lowest BCUT2D eigenvalue weighted by Crippen LogP contribution is -2.36. The van der Waals surface area contributed by atoms with E-state index >= 15 is 0 Å². The Morgan fingerprint density at radius 2 is 1.45 bits per heavy atom. The van der Waals surface area contributed by atoms with Crippen molar-refractivity contribution in [3.63, 3.8) is 0 Å². The maximum Gasteiger partial charge on any atom is 0.262 e. The number of nitrogens with one attached hydrogen (secondary N) is 1. The maximum atomic E-state index is 13.4. The highest BCUT2D eigenvalue weighted by Gasteiger charge is 2.39. The van der Waals surface area contributed by atoms with Gasteiger partial charge in [-0.05, 0) is 25.5 Å². The molecule has 2 heterocycles. The molecule has 0 saturated heterocycles. The summed E-state index contributed by atoms with van der Waals surface area (Å²) in [5, 5.41) is 2.25. The van der Waals surface area contributed by atoms with Gasteiger partial charge in [-0.1, -0.05) is 42.5 Å². The van der Waals surface area contributed by atoms with Gasteiger partial charge in [0.1, 0.15) is 0 Å². The fraction of sp³-hybridized carbons (Fsp3) is 0.174. The Hall–Kier alpha value is -3.51. The van der Waals surface area contributed by atoms with Crippen LogP contribution in [0, 0.1) is 0 Å². The highest BCUT2D eigenvalue weighted by Crippen LogP contribution is 2.36. The van der Waals surface area contributed by atoms with Crippen molar-refractivity contribution in [1.29, 1.82) is 0 Å². The molecule has 1 aromatic heterocycles. The molecule has 4 aromatic rings. The van der Waals surface area contributed by atoms with Crippen LogP contribution in [0.25, 0.3) is 32.6 Å². The SMILES string of the molecule is CN(C)CCN1C(=O)c2c(c3c([nH]c4ccccc43)c(=O)c3ccccc23)C1=O. The largest absolute Gasteiger partial charge is 0.351 e. The third-order valence-corrected chi connectivity index (χ3v) is 5.56. The van der Waals surface area contributed by atoms with Crippen LogP contribution in [0.3, 0.4) is 0 Å². The van der Waals surface area contributed by atoms with Crippen molar-refractivity contribution in [3.8, 4) is 0 Å². The minimum absolute atomic E-state index is 0.207. The van der Waals surface area contributed by atoms with E-state index in [1.807, 2.05) is 43.3 Å². The number of imide groups is 1. The Morgan fingerprint density at radius 3 is 2.17 bits per heavy atom. The van der Waals surface area contributed by atoms with Gasteiger partial charge in [0, 0.05) is 34.8 Å². The van der Waals surface area contributed by atoms with Crippen LogP contribution >= 0.6 is 0 Å². The fourth-order valence-corrected chi connectivity index (χ4v) is 4.17. The zero-order valence-corrected chi connectivity index (χ0v) is 16.2. The van der Waals surface area contributed by atoms with Crippen molar-refractivity contribution >= 4 is 44.4 Å². The fourth-order valence-electron chi connectivity index (χ4n) is 4.17. The first-order chi connectivity index (χ1) is 14.0. The average Bonchev–Trinajstić information content (AvgIpc) is 3.17. The first kappa shape index (κ1) is 17.6. The number of aromatic nitrogens is 1. The van der Waals surface area contributed by atoms with Crippen LogP contribution in [-0.2, 0) is 0 Å². The Morgan fingerprint density at radius 1 is 0.828 bits per heavy atom. The first-order valence-corrected chi connectivity index (χ1v) is 9.49. The molecule has 1 aliphatic rings. The van der Waals surface area contributed by atoms with Crippen LogP contribution < -0.4 is 5.43 Å². The predicted octanol–water partition coefficient (Wildman–Crippen LogP) is 2.99. The normalized spacial score (nSPS) is 14.0. The molecule has 0 saturated carbocycles. The number of hydrogen-bond donors (Lipinski definition) is 1. The van der Waals surface area contributed by atoms with Gasteiger partial charge in [-0.15, -0.1) is 0 Å². The second-order valence-electron chi connectivity index (χ2n) is 7.61. The second kappa shape index (κ2) is 6.25. The van der Waals surface area contributed by atoms with Crippen LogP contribution in [0.1, 0.15) is 20.7 Å². The van der Waals surface area contributed by atoms with Crippen molar-refractivity contribution < 1.29 is 9.59 Å². The van der Waals surface area contributed by atoms with Gasteiger partial charge < -0.3 is 9.88 Å². The molecule has 0 radical (unpaired) electrons. The van der Waals surface area contributed by atoms with Gasteiger partial charge in [0.25, 0.3) is 11.8 Å². The topological polar surface area (TPSA) is 73.5 Å². The molecule has 144 valence electrons. The molecular formula is C23H19N3O3. The lowest BCUT2D eigenvalue weighted by Gasteiger charge is -2.17. The van der Waals surface area contributed by atoms with Gasteiger partial charge in [0.15, 0.2) is 0 Å². The van der Waals surface area contributed by atoms with E-state index in [0.29, 0.717) is 45.9 Å². The molecule has 1 N–H and O–H groups in total. The van der Waals surface area contributed by atoms with Gasteiger partial charge in [0.2, 0.25) is 5.43 Å². The summed E-state index contributed by atoms with van der Waals surface area (Å²) in [7, 11) is 3.80. The molecule has 29 heavy (non-hydrogen) atoms. The molecule has 2 amide bonds. The van der Waals surface area contributed by atoms with Crippen LogP contribution in [-0.4, -0.2) is 53.8 Å². The molecule has 0 unspecified atom stereocenters. The summed E-state index contributed by atoms with van der Waals surface area (Å²) in [4.78, 5) is 46.5. The van der Waals surface area contributed by atoms with Crippen molar-refractivity contribution in [3.05, 3.63) is 69.9 Å². The summed E-state index contributed by atoms with van der Waals surface area (Å²) >= 11 is 0. The summed E-state index contributed by atoms with van der Waals surface area (Å²) < 4.78 is 0. The molecule has 0 spiro atoms. The minimum Gasteiger partial charge on any atom is -0.351 e. The predicted molar refractivity (Wildman–Crippen MR) is 114 cm³/mol. The number of carbonyl (C=O) groups excluding carboxylic acids is 2. The van der Waals surface area contributed by atoms with E-state index in [1.165, 1.54) is 4.90 Å². The van der Waals surface area contributed by atoms with E-state index in [1.54, 1.807) is 24.3 Å². The molecule has 3 aromatic carbocycles. The zero-order chi connectivity index (χ0) is 20.3. The van der Waals surface area contributed by atoms with E-state index in [9.17, 15) is 14.4 Å². The number of carbonyl (C=O) groups is 2. The number of rotatable bonds is 3. The maximum absolute atomic E-state index is 13.4. The van der Waals surface area contributed by atoms with Crippen molar-refractivity contribution in [2.24, 2.45) is 0 Å². The van der Waals surface area contributed by atoms with E-state index in [2.05, 4.69) is 4.98 Å². The smallest absolute Gasteiger partial charge is 0.262 e. The number of H-pyrrole nitrogens is 1. The molecular weight excluding hydrogens is 366 g/mol. The van der Waals surface area contributed by atoms with E-state index in [4.69, 9.17) is 0 Å². The van der Waals surface area contributed by atoms with Crippen molar-refractivity contribution in [2.45, 2.75) is 0 Å². The number of hydrogen-bond acceptors (Lipinski definition) is 4. The number of fused-ring (bicyclic) bond motifs is 7. The summed E-state index contributed by atoms with van der Waals surface area (Å²) in [6, 6.07) is 14.5. The Labute approximate surface area is 166 Å². The van der Waals surface area contributed by atoms with Crippen molar-refractivity contribution in [1.82, 2.24) is 14.8 Å². The highest BCUT2D eigenvalue weighted by atomic mass is 16.2. The lowest BCUT2D eigenvalue weighted by atomic mass is 10.0. The van der Waals surface area contributed by atoms with E-state index in [0.717, 1.165) is 10.9 Å². The van der Waals surface area contributed by atoms with Crippen LogP contribution in [0.2, 0.25) is 0 Å². The van der Waals surface area contributed by atoms with Crippen LogP contribution in [0.15, 0.2) is 53.3 Å². The second-order valence-corrected chi connectivity index (χ2v) is 7.61. The van der Waals surface area contributed by atoms with Gasteiger partial charge in [-0.25, -0.2) is 0 Å². The standard InChI is InChI=1S/C23H19N3O3/c1-25(2)11-12-26-22(28)18-13-7-3-4-8-14(13)21(27)20-17(19(18)23(26)29)15-9-5-6-10-16(15)24-20/h3-10,24H,11-12H2,1-2H3. The molecule has 6 nitrogen and oxygen atoms in total. The Bertz CT molecular complexity index is 1400. The number of nitrogens with zero attached hydrogens (tertiary/aromatic N) is 2. The molecule has 5 rings (SSSR count). The third kappa shape index (κ3) is 2.42. The number of benzene rings is 2. The Kier molecular flexibility index (Phi) is 3.79. The number of likely N-dealkylation sites (N-methyl/N-ethyl adjacent to an activating group) is 1. The molecule has 0 aliphatic carbocycles. The van der Waals surface area contributed by atoms with Gasteiger partial charge in [-0.3, -0.25) is 19.3 Å². The molecule has 6 heteroatoms. The van der Waals surface area contributed by atoms with E-state index < -0.39 is 0 Å².